The minimum absolute atomic E-state index is 0.0155. The Hall–Kier alpha value is -2.41. The number of amides is 4. The van der Waals surface area contributed by atoms with Crippen LogP contribution in [0.25, 0.3) is 0 Å². The topological polar surface area (TPSA) is 86.8 Å². The summed E-state index contributed by atoms with van der Waals surface area (Å²) >= 11 is 5.81. The lowest BCUT2D eigenvalue weighted by Gasteiger charge is -2.19. The summed E-state index contributed by atoms with van der Waals surface area (Å²) in [5.41, 5.74) is 0.589. The minimum atomic E-state index is -0.336. The smallest absolute Gasteiger partial charge is 0.243 e. The third-order valence-electron chi connectivity index (χ3n) is 5.42. The highest BCUT2D eigenvalue weighted by Gasteiger charge is 2.47. The Bertz CT molecular complexity index is 756. The fourth-order valence-corrected chi connectivity index (χ4v) is 4.01. The number of likely N-dealkylation sites (tertiary alicyclic amines) is 1. The molecule has 1 aliphatic heterocycles. The summed E-state index contributed by atoms with van der Waals surface area (Å²) in [4.78, 5) is 51.8. The lowest BCUT2D eigenvalue weighted by atomic mass is 9.81. The van der Waals surface area contributed by atoms with E-state index in [9.17, 15) is 19.2 Å². The number of fused-ring (bicyclic) bond motifs is 1. The normalized spacial score (nSPS) is 21.4. The molecular formula is C20H24ClN3O4. The SMILES string of the molecule is CN(CC(=O)Nc1ccc(Cl)cc1)C(=O)CCN1C(=O)[C@H]2CCCC[C@H]2C1=O. The van der Waals surface area contributed by atoms with E-state index in [1.54, 1.807) is 24.3 Å². The maximum Gasteiger partial charge on any atom is 0.243 e. The van der Waals surface area contributed by atoms with E-state index < -0.39 is 0 Å². The number of halogens is 1. The van der Waals surface area contributed by atoms with Crippen LogP contribution in [0.5, 0.6) is 0 Å². The van der Waals surface area contributed by atoms with Crippen molar-refractivity contribution in [3.63, 3.8) is 0 Å². The van der Waals surface area contributed by atoms with Crippen molar-refractivity contribution >= 4 is 40.9 Å². The van der Waals surface area contributed by atoms with Crippen molar-refractivity contribution in [1.29, 1.82) is 0 Å². The van der Waals surface area contributed by atoms with Crippen LogP contribution in [0.1, 0.15) is 32.1 Å². The second-order valence-electron chi connectivity index (χ2n) is 7.38. The number of imide groups is 1. The average Bonchev–Trinajstić information content (AvgIpc) is 2.92. The van der Waals surface area contributed by atoms with Crippen LogP contribution in [-0.4, -0.2) is 53.6 Å². The number of likely N-dealkylation sites (N-methyl/N-ethyl adjacent to an activating group) is 1. The quantitative estimate of drug-likeness (QED) is 0.736. The van der Waals surface area contributed by atoms with Gasteiger partial charge in [0.15, 0.2) is 0 Å². The fraction of sp³-hybridized carbons (Fsp3) is 0.500. The van der Waals surface area contributed by atoms with E-state index in [-0.39, 0.29) is 55.0 Å². The van der Waals surface area contributed by atoms with Crippen LogP contribution >= 0.6 is 11.6 Å². The number of nitrogens with zero attached hydrogens (tertiary/aromatic N) is 2. The van der Waals surface area contributed by atoms with E-state index in [1.165, 1.54) is 16.8 Å². The van der Waals surface area contributed by atoms with Gasteiger partial charge >= 0.3 is 0 Å². The number of carbonyl (C=O) groups is 4. The molecule has 1 heterocycles. The van der Waals surface area contributed by atoms with Gasteiger partial charge < -0.3 is 10.2 Å². The highest BCUT2D eigenvalue weighted by Crippen LogP contribution is 2.37. The van der Waals surface area contributed by atoms with Crippen LogP contribution in [0.3, 0.4) is 0 Å². The zero-order chi connectivity index (χ0) is 20.3. The molecule has 2 fully saturated rings. The number of anilines is 1. The van der Waals surface area contributed by atoms with Gasteiger partial charge in [-0.1, -0.05) is 24.4 Å². The van der Waals surface area contributed by atoms with Gasteiger partial charge in [0.1, 0.15) is 0 Å². The van der Waals surface area contributed by atoms with Gasteiger partial charge in [0.25, 0.3) is 0 Å². The van der Waals surface area contributed by atoms with Crippen molar-refractivity contribution < 1.29 is 19.2 Å². The fourth-order valence-electron chi connectivity index (χ4n) is 3.89. The van der Waals surface area contributed by atoms with Crippen LogP contribution in [0, 0.1) is 11.8 Å². The van der Waals surface area contributed by atoms with Crippen LogP contribution in [-0.2, 0) is 19.2 Å². The third kappa shape index (κ3) is 4.52. The molecule has 2 aliphatic rings. The first-order valence-electron chi connectivity index (χ1n) is 9.51. The van der Waals surface area contributed by atoms with Gasteiger partial charge in [-0.2, -0.15) is 0 Å². The first kappa shape index (κ1) is 20.3. The van der Waals surface area contributed by atoms with Crippen LogP contribution in [0.4, 0.5) is 5.69 Å². The lowest BCUT2D eigenvalue weighted by molar-refractivity contribution is -0.141. The van der Waals surface area contributed by atoms with Gasteiger partial charge in [-0.3, -0.25) is 24.1 Å². The number of nitrogens with one attached hydrogen (secondary N) is 1. The summed E-state index contributed by atoms with van der Waals surface area (Å²) in [6, 6.07) is 6.67. The first-order valence-corrected chi connectivity index (χ1v) is 9.89. The molecule has 1 saturated heterocycles. The summed E-state index contributed by atoms with van der Waals surface area (Å²) in [5.74, 6) is -1.34. The third-order valence-corrected chi connectivity index (χ3v) is 5.67. The molecule has 1 aliphatic carbocycles. The molecule has 0 spiro atoms. The summed E-state index contributed by atoms with van der Waals surface area (Å²) in [5, 5.41) is 3.26. The molecule has 3 rings (SSSR count). The molecule has 4 amide bonds. The highest BCUT2D eigenvalue weighted by molar-refractivity contribution is 6.30. The summed E-state index contributed by atoms with van der Waals surface area (Å²) in [6.45, 7) is -0.0404. The van der Waals surface area contributed by atoms with E-state index in [0.717, 1.165) is 25.7 Å². The Labute approximate surface area is 169 Å². The second kappa shape index (κ2) is 8.73. The van der Waals surface area contributed by atoms with Gasteiger partial charge in [-0.15, -0.1) is 0 Å². The summed E-state index contributed by atoms with van der Waals surface area (Å²) in [6.07, 6.45) is 3.47. The first-order chi connectivity index (χ1) is 13.4. The summed E-state index contributed by atoms with van der Waals surface area (Å²) < 4.78 is 0. The maximum atomic E-state index is 12.4. The van der Waals surface area contributed by atoms with E-state index in [0.29, 0.717) is 10.7 Å². The van der Waals surface area contributed by atoms with Gasteiger partial charge in [-0.25, -0.2) is 0 Å². The maximum absolute atomic E-state index is 12.4. The molecule has 150 valence electrons. The molecule has 0 unspecified atom stereocenters. The molecule has 1 N–H and O–H groups in total. The van der Waals surface area contributed by atoms with Crippen LogP contribution in [0.2, 0.25) is 5.02 Å². The molecule has 7 nitrogen and oxygen atoms in total. The minimum Gasteiger partial charge on any atom is -0.336 e. The Kier molecular flexibility index (Phi) is 6.34. The largest absolute Gasteiger partial charge is 0.336 e. The zero-order valence-corrected chi connectivity index (χ0v) is 16.6. The van der Waals surface area contributed by atoms with Crippen molar-refractivity contribution in [2.75, 3.05) is 25.5 Å². The van der Waals surface area contributed by atoms with Gasteiger partial charge in [0.2, 0.25) is 23.6 Å². The van der Waals surface area contributed by atoms with E-state index in [1.807, 2.05) is 0 Å². The predicted molar refractivity (Wildman–Crippen MR) is 105 cm³/mol. The molecule has 1 aromatic carbocycles. The molecule has 8 heteroatoms. The molecule has 1 saturated carbocycles. The monoisotopic (exact) mass is 405 g/mol. The van der Waals surface area contributed by atoms with Gasteiger partial charge in [-0.05, 0) is 37.1 Å². The van der Waals surface area contributed by atoms with E-state index >= 15 is 0 Å². The Morgan fingerprint density at radius 3 is 2.25 bits per heavy atom. The Balaban J connectivity index is 1.47. The van der Waals surface area contributed by atoms with E-state index in [4.69, 9.17) is 11.6 Å². The predicted octanol–water partition coefficient (Wildman–Crippen LogP) is 2.30. The highest BCUT2D eigenvalue weighted by atomic mass is 35.5. The van der Waals surface area contributed by atoms with Crippen LogP contribution < -0.4 is 5.32 Å². The van der Waals surface area contributed by atoms with Crippen molar-refractivity contribution in [3.05, 3.63) is 29.3 Å². The summed E-state index contributed by atoms with van der Waals surface area (Å²) in [7, 11) is 1.52. The van der Waals surface area contributed by atoms with Crippen molar-refractivity contribution in [1.82, 2.24) is 9.80 Å². The number of carbonyl (C=O) groups excluding carboxylic acids is 4. The Morgan fingerprint density at radius 2 is 1.68 bits per heavy atom. The molecule has 2 atom stereocenters. The van der Waals surface area contributed by atoms with E-state index in [2.05, 4.69) is 5.32 Å². The number of hydrogen-bond donors (Lipinski definition) is 1. The number of rotatable bonds is 6. The lowest BCUT2D eigenvalue weighted by Crippen LogP contribution is -2.38. The molecular weight excluding hydrogens is 382 g/mol. The number of hydrogen-bond acceptors (Lipinski definition) is 4. The second-order valence-corrected chi connectivity index (χ2v) is 7.82. The van der Waals surface area contributed by atoms with Crippen molar-refractivity contribution in [2.45, 2.75) is 32.1 Å². The van der Waals surface area contributed by atoms with Crippen molar-refractivity contribution in [2.24, 2.45) is 11.8 Å². The standard InChI is InChI=1S/C20H24ClN3O4/c1-23(12-17(25)22-14-8-6-13(21)7-9-14)18(26)10-11-24-19(27)15-4-2-3-5-16(15)20(24)28/h6-9,15-16H,2-5,10-12H2,1H3,(H,22,25)/t15-,16+. The number of benzene rings is 1. The Morgan fingerprint density at radius 1 is 1.11 bits per heavy atom. The van der Waals surface area contributed by atoms with Gasteiger partial charge in [0.05, 0.1) is 18.4 Å². The molecule has 28 heavy (non-hydrogen) atoms. The molecule has 0 bridgehead atoms. The molecule has 0 radical (unpaired) electrons. The molecule has 1 aromatic rings. The van der Waals surface area contributed by atoms with Crippen molar-refractivity contribution in [3.8, 4) is 0 Å². The molecule has 0 aromatic heterocycles. The zero-order valence-electron chi connectivity index (χ0n) is 15.8. The van der Waals surface area contributed by atoms with Gasteiger partial charge in [0, 0.05) is 30.7 Å². The van der Waals surface area contributed by atoms with Crippen LogP contribution in [0.15, 0.2) is 24.3 Å². The average molecular weight is 406 g/mol.